The largest absolute Gasteiger partial charge is 0.371 e. The zero-order valence-electron chi connectivity index (χ0n) is 11.7. The fourth-order valence-electron chi connectivity index (χ4n) is 2.09. The van der Waals surface area contributed by atoms with Crippen LogP contribution in [-0.4, -0.2) is 22.9 Å². The fourth-order valence-corrected chi connectivity index (χ4v) is 2.50. The van der Waals surface area contributed by atoms with Crippen molar-refractivity contribution in [3.05, 3.63) is 56.9 Å². The third-order valence-corrected chi connectivity index (χ3v) is 4.04. The quantitative estimate of drug-likeness (QED) is 0.843. The van der Waals surface area contributed by atoms with E-state index < -0.39 is 0 Å². The number of hydrogen-bond acceptors (Lipinski definition) is 3. The summed E-state index contributed by atoms with van der Waals surface area (Å²) in [5.41, 5.74) is 1.84. The van der Waals surface area contributed by atoms with Gasteiger partial charge < -0.3 is 4.90 Å². The van der Waals surface area contributed by atoms with Gasteiger partial charge in [0.05, 0.1) is 18.4 Å². The van der Waals surface area contributed by atoms with Gasteiger partial charge in [0.2, 0.25) is 0 Å². The first kappa shape index (κ1) is 14.8. The monoisotopic (exact) mass is 335 g/mol. The van der Waals surface area contributed by atoms with E-state index >= 15 is 0 Å². The summed E-state index contributed by atoms with van der Waals surface area (Å²) in [5, 5.41) is 4.27. The van der Waals surface area contributed by atoms with Gasteiger partial charge in [0.15, 0.2) is 0 Å². The summed E-state index contributed by atoms with van der Waals surface area (Å²) in [5.74, 6) is 0. The Bertz CT molecular complexity index is 635. The number of hydrogen-bond donors (Lipinski definition) is 0. The third kappa shape index (κ3) is 3.28. The van der Waals surface area contributed by atoms with Crippen molar-refractivity contribution in [2.45, 2.75) is 20.4 Å². The molecule has 0 spiro atoms. The molecule has 4 nitrogen and oxygen atoms in total. The zero-order valence-corrected chi connectivity index (χ0v) is 13.3. The maximum atomic E-state index is 12.2. The van der Waals surface area contributed by atoms with Crippen molar-refractivity contribution in [1.82, 2.24) is 9.78 Å². The lowest BCUT2D eigenvalue weighted by Crippen LogP contribution is -2.28. The van der Waals surface area contributed by atoms with Gasteiger partial charge in [-0.1, -0.05) is 34.1 Å². The Kier molecular flexibility index (Phi) is 4.95. The summed E-state index contributed by atoms with van der Waals surface area (Å²) >= 11 is 3.49. The van der Waals surface area contributed by atoms with Gasteiger partial charge in [0.25, 0.3) is 5.56 Å². The molecule has 1 aromatic carbocycles. The van der Waals surface area contributed by atoms with Crippen LogP contribution < -0.4 is 10.5 Å². The van der Waals surface area contributed by atoms with Crippen molar-refractivity contribution >= 4 is 21.6 Å². The molecule has 1 heterocycles. The highest BCUT2D eigenvalue weighted by atomic mass is 79.9. The van der Waals surface area contributed by atoms with Crippen LogP contribution in [0, 0.1) is 0 Å². The molecule has 0 bridgehead atoms. The van der Waals surface area contributed by atoms with E-state index in [-0.39, 0.29) is 5.56 Å². The maximum Gasteiger partial charge on any atom is 0.269 e. The van der Waals surface area contributed by atoms with Crippen LogP contribution in [0.25, 0.3) is 0 Å². The van der Waals surface area contributed by atoms with Crippen LogP contribution in [0.4, 0.5) is 5.69 Å². The van der Waals surface area contributed by atoms with Gasteiger partial charge >= 0.3 is 0 Å². The van der Waals surface area contributed by atoms with Crippen molar-refractivity contribution in [2.24, 2.45) is 0 Å². The van der Waals surface area contributed by atoms with E-state index in [0.29, 0.717) is 6.54 Å². The molecule has 0 atom stereocenters. The molecular formula is C15H18BrN3O. The van der Waals surface area contributed by atoms with Crippen LogP contribution in [0.5, 0.6) is 0 Å². The lowest BCUT2D eigenvalue weighted by Gasteiger charge is -2.20. The second kappa shape index (κ2) is 6.70. The number of anilines is 1. The maximum absolute atomic E-state index is 12.2. The minimum atomic E-state index is -0.0786. The van der Waals surface area contributed by atoms with E-state index in [0.717, 1.165) is 28.8 Å². The molecule has 0 saturated heterocycles. The Morgan fingerprint density at radius 2 is 1.95 bits per heavy atom. The normalized spacial score (nSPS) is 10.6. The van der Waals surface area contributed by atoms with Crippen LogP contribution in [0.2, 0.25) is 0 Å². The molecule has 0 saturated carbocycles. The summed E-state index contributed by atoms with van der Waals surface area (Å²) in [6, 6.07) is 9.50. The molecule has 0 radical (unpaired) electrons. The van der Waals surface area contributed by atoms with Crippen molar-refractivity contribution in [1.29, 1.82) is 0 Å². The van der Waals surface area contributed by atoms with E-state index in [9.17, 15) is 4.79 Å². The average molecular weight is 336 g/mol. The molecule has 0 aliphatic carbocycles. The Hall–Kier alpha value is -1.62. The van der Waals surface area contributed by atoms with E-state index in [1.54, 1.807) is 12.3 Å². The molecule has 2 rings (SSSR count). The summed E-state index contributed by atoms with van der Waals surface area (Å²) in [7, 11) is 0. The Morgan fingerprint density at radius 3 is 2.55 bits per heavy atom. The van der Waals surface area contributed by atoms with Gasteiger partial charge in [0, 0.05) is 23.6 Å². The predicted octanol–water partition coefficient (Wildman–Crippen LogP) is 2.90. The van der Waals surface area contributed by atoms with Crippen LogP contribution in [0.15, 0.2) is 45.8 Å². The molecule has 0 unspecified atom stereocenters. The number of nitrogens with zero attached hydrogens (tertiary/aromatic N) is 3. The van der Waals surface area contributed by atoms with Gasteiger partial charge in [-0.2, -0.15) is 5.10 Å². The lowest BCUT2D eigenvalue weighted by molar-refractivity contribution is 0.635. The standard InChI is InChI=1S/C15H18BrN3O/c1-3-18(4-2)13-9-15(20)19(17-10-13)11-12-7-5-6-8-14(12)16/h5-10H,3-4,11H2,1-2H3. The summed E-state index contributed by atoms with van der Waals surface area (Å²) in [6.07, 6.45) is 1.76. The topological polar surface area (TPSA) is 38.1 Å². The number of halogens is 1. The lowest BCUT2D eigenvalue weighted by atomic mass is 10.2. The van der Waals surface area contributed by atoms with Crippen LogP contribution >= 0.6 is 15.9 Å². The highest BCUT2D eigenvalue weighted by Gasteiger charge is 2.07. The summed E-state index contributed by atoms with van der Waals surface area (Å²) < 4.78 is 2.47. The van der Waals surface area contributed by atoms with Crippen molar-refractivity contribution in [3.8, 4) is 0 Å². The van der Waals surface area contributed by atoms with Gasteiger partial charge in [-0.25, -0.2) is 4.68 Å². The van der Waals surface area contributed by atoms with Crippen LogP contribution in [0.1, 0.15) is 19.4 Å². The first-order valence-corrected chi connectivity index (χ1v) is 7.50. The SMILES string of the molecule is CCN(CC)c1cnn(Cc2ccccc2Br)c(=O)c1. The van der Waals surface area contributed by atoms with Gasteiger partial charge in [-0.05, 0) is 25.5 Å². The Labute approximate surface area is 127 Å². The molecule has 2 aromatic rings. The molecule has 1 aromatic heterocycles. The van der Waals surface area contributed by atoms with E-state index in [1.165, 1.54) is 4.68 Å². The molecule has 0 aliphatic heterocycles. The molecule has 5 heteroatoms. The Balaban J connectivity index is 2.27. The number of rotatable bonds is 5. The highest BCUT2D eigenvalue weighted by molar-refractivity contribution is 9.10. The Morgan fingerprint density at radius 1 is 1.25 bits per heavy atom. The third-order valence-electron chi connectivity index (χ3n) is 3.26. The zero-order chi connectivity index (χ0) is 14.5. The minimum Gasteiger partial charge on any atom is -0.371 e. The number of benzene rings is 1. The van der Waals surface area contributed by atoms with Gasteiger partial charge in [-0.15, -0.1) is 0 Å². The highest BCUT2D eigenvalue weighted by Crippen LogP contribution is 2.16. The number of aromatic nitrogens is 2. The molecule has 106 valence electrons. The molecular weight excluding hydrogens is 318 g/mol. The molecule has 0 amide bonds. The summed E-state index contributed by atoms with van der Waals surface area (Å²) in [6.45, 7) is 6.34. The van der Waals surface area contributed by atoms with E-state index in [4.69, 9.17) is 0 Å². The van der Waals surface area contributed by atoms with Crippen LogP contribution in [0.3, 0.4) is 0 Å². The first-order valence-electron chi connectivity index (χ1n) is 6.71. The average Bonchev–Trinajstić information content (AvgIpc) is 2.45. The fraction of sp³-hybridized carbons (Fsp3) is 0.333. The van der Waals surface area contributed by atoms with Gasteiger partial charge in [-0.3, -0.25) is 4.79 Å². The molecule has 0 fully saturated rings. The van der Waals surface area contributed by atoms with Crippen molar-refractivity contribution in [2.75, 3.05) is 18.0 Å². The van der Waals surface area contributed by atoms with E-state index in [1.807, 2.05) is 24.3 Å². The van der Waals surface area contributed by atoms with E-state index in [2.05, 4.69) is 39.8 Å². The first-order chi connectivity index (χ1) is 9.65. The minimum absolute atomic E-state index is 0.0786. The molecule has 20 heavy (non-hydrogen) atoms. The summed E-state index contributed by atoms with van der Waals surface area (Å²) in [4.78, 5) is 14.3. The molecule has 0 aliphatic rings. The van der Waals surface area contributed by atoms with Crippen molar-refractivity contribution in [3.63, 3.8) is 0 Å². The second-order valence-corrected chi connectivity index (χ2v) is 5.33. The second-order valence-electron chi connectivity index (χ2n) is 4.47. The van der Waals surface area contributed by atoms with Crippen LogP contribution in [-0.2, 0) is 6.54 Å². The predicted molar refractivity (Wildman–Crippen MR) is 85.3 cm³/mol. The molecule has 0 N–H and O–H groups in total. The smallest absolute Gasteiger partial charge is 0.269 e. The van der Waals surface area contributed by atoms with Crippen molar-refractivity contribution < 1.29 is 0 Å². The van der Waals surface area contributed by atoms with Gasteiger partial charge in [0.1, 0.15) is 0 Å².